The number of rotatable bonds is 5. The molecule has 0 amide bonds. The van der Waals surface area contributed by atoms with Crippen molar-refractivity contribution < 1.29 is 13.2 Å². The van der Waals surface area contributed by atoms with Gasteiger partial charge in [-0.2, -0.15) is 0 Å². The molecule has 3 N–H and O–H groups in total. The summed E-state index contributed by atoms with van der Waals surface area (Å²) < 4.78 is 32.4. The second-order valence-corrected chi connectivity index (χ2v) is 6.33. The highest BCUT2D eigenvalue weighted by molar-refractivity contribution is 7.89. The van der Waals surface area contributed by atoms with Gasteiger partial charge in [0.1, 0.15) is 0 Å². The van der Waals surface area contributed by atoms with E-state index in [1.54, 1.807) is 6.07 Å². The van der Waals surface area contributed by atoms with Crippen molar-refractivity contribution in [1.29, 1.82) is 0 Å². The summed E-state index contributed by atoms with van der Waals surface area (Å²) in [5.41, 5.74) is 6.25. The maximum Gasteiger partial charge on any atom is 0.258 e. The van der Waals surface area contributed by atoms with Gasteiger partial charge >= 0.3 is 0 Å². The fourth-order valence-corrected chi connectivity index (χ4v) is 3.27. The lowest BCUT2D eigenvalue weighted by Crippen LogP contribution is -2.41. The van der Waals surface area contributed by atoms with E-state index in [0.29, 0.717) is 13.2 Å². The summed E-state index contributed by atoms with van der Waals surface area (Å²) in [5.74, 6) is 0. The Morgan fingerprint density at radius 3 is 2.89 bits per heavy atom. The third-order valence-electron chi connectivity index (χ3n) is 3.17. The topological polar surface area (TPSA) is 94.3 Å². The van der Waals surface area contributed by atoms with Crippen molar-refractivity contribution in [1.82, 2.24) is 9.71 Å². The van der Waals surface area contributed by atoms with Crippen molar-refractivity contribution in [2.24, 2.45) is 5.73 Å². The second kappa shape index (κ2) is 5.96. The van der Waals surface area contributed by atoms with Gasteiger partial charge in [0, 0.05) is 25.4 Å². The molecule has 1 aromatic heterocycles. The van der Waals surface area contributed by atoms with Crippen LogP contribution < -0.4 is 10.5 Å². The lowest BCUT2D eigenvalue weighted by atomic mass is 10.1. The Kier molecular flexibility index (Phi) is 4.51. The van der Waals surface area contributed by atoms with E-state index in [-0.39, 0.29) is 17.2 Å². The minimum atomic E-state index is -3.60. The summed E-state index contributed by atoms with van der Waals surface area (Å²) in [4.78, 5) is 3.93. The SMILES string of the molecule is CC(NS(=O)(=O)c1ccc(CN)cn1)C1CCCO1. The Morgan fingerprint density at radius 2 is 2.37 bits per heavy atom. The summed E-state index contributed by atoms with van der Waals surface area (Å²) in [7, 11) is -3.60. The van der Waals surface area contributed by atoms with E-state index in [4.69, 9.17) is 10.5 Å². The highest BCUT2D eigenvalue weighted by Crippen LogP contribution is 2.17. The molecule has 2 rings (SSSR count). The van der Waals surface area contributed by atoms with Gasteiger partial charge in [-0.05, 0) is 31.4 Å². The van der Waals surface area contributed by atoms with Crippen molar-refractivity contribution in [3.63, 3.8) is 0 Å². The number of pyridine rings is 1. The smallest absolute Gasteiger partial charge is 0.258 e. The van der Waals surface area contributed by atoms with E-state index < -0.39 is 10.0 Å². The lowest BCUT2D eigenvalue weighted by Gasteiger charge is -2.19. The Balaban J connectivity index is 2.08. The van der Waals surface area contributed by atoms with Crippen molar-refractivity contribution in [2.75, 3.05) is 6.61 Å². The minimum absolute atomic E-state index is 0.00884. The molecule has 0 aromatic carbocycles. The average molecular weight is 285 g/mol. The number of nitrogens with two attached hydrogens (primary N) is 1. The van der Waals surface area contributed by atoms with Crippen LogP contribution in [-0.2, 0) is 21.3 Å². The van der Waals surface area contributed by atoms with Gasteiger partial charge in [0.25, 0.3) is 10.0 Å². The number of ether oxygens (including phenoxy) is 1. The van der Waals surface area contributed by atoms with Crippen LogP contribution in [0.2, 0.25) is 0 Å². The molecule has 0 aliphatic carbocycles. The molecule has 1 fully saturated rings. The molecule has 0 radical (unpaired) electrons. The number of hydrogen-bond acceptors (Lipinski definition) is 5. The predicted molar refractivity (Wildman–Crippen MR) is 70.9 cm³/mol. The zero-order valence-electron chi connectivity index (χ0n) is 10.9. The predicted octanol–water partition coefficient (Wildman–Crippen LogP) is 0.386. The molecule has 2 heterocycles. The zero-order chi connectivity index (χ0) is 13.9. The van der Waals surface area contributed by atoms with Crippen LogP contribution in [-0.4, -0.2) is 32.2 Å². The maximum absolute atomic E-state index is 12.1. The molecule has 1 aliphatic rings. The van der Waals surface area contributed by atoms with Gasteiger partial charge < -0.3 is 10.5 Å². The summed E-state index contributed by atoms with van der Waals surface area (Å²) in [6, 6.07) is 2.87. The van der Waals surface area contributed by atoms with E-state index in [1.807, 2.05) is 6.92 Å². The standard InChI is InChI=1S/C12H19N3O3S/c1-9(11-3-2-6-18-11)15-19(16,17)12-5-4-10(7-13)8-14-12/h4-5,8-9,11,15H,2-3,6-7,13H2,1H3. The van der Waals surface area contributed by atoms with Crippen LogP contribution in [0.25, 0.3) is 0 Å². The highest BCUT2D eigenvalue weighted by atomic mass is 32.2. The van der Waals surface area contributed by atoms with Gasteiger partial charge in [0.15, 0.2) is 5.03 Å². The Bertz CT molecular complexity index is 510. The Morgan fingerprint density at radius 1 is 1.58 bits per heavy atom. The molecule has 2 atom stereocenters. The molecule has 1 aliphatic heterocycles. The van der Waals surface area contributed by atoms with Gasteiger partial charge in [-0.3, -0.25) is 0 Å². The van der Waals surface area contributed by atoms with Gasteiger partial charge in [-0.1, -0.05) is 6.07 Å². The van der Waals surface area contributed by atoms with E-state index >= 15 is 0 Å². The van der Waals surface area contributed by atoms with Gasteiger partial charge in [0.05, 0.1) is 6.10 Å². The van der Waals surface area contributed by atoms with E-state index in [2.05, 4.69) is 9.71 Å². The number of aromatic nitrogens is 1. The number of nitrogens with one attached hydrogen (secondary N) is 1. The van der Waals surface area contributed by atoms with Crippen LogP contribution in [0.3, 0.4) is 0 Å². The summed E-state index contributed by atoms with van der Waals surface area (Å²) in [6.07, 6.45) is 3.27. The van der Waals surface area contributed by atoms with Gasteiger partial charge in [0.2, 0.25) is 0 Å². The van der Waals surface area contributed by atoms with Crippen LogP contribution in [0.15, 0.2) is 23.4 Å². The van der Waals surface area contributed by atoms with Gasteiger partial charge in [-0.15, -0.1) is 0 Å². The molecule has 0 saturated carbocycles. The monoisotopic (exact) mass is 285 g/mol. The molecule has 7 heteroatoms. The molecule has 19 heavy (non-hydrogen) atoms. The fourth-order valence-electron chi connectivity index (χ4n) is 2.07. The summed E-state index contributed by atoms with van der Waals surface area (Å²) in [6.45, 7) is 2.84. The van der Waals surface area contributed by atoms with Crippen LogP contribution in [0.4, 0.5) is 0 Å². The first kappa shape index (κ1) is 14.4. The summed E-state index contributed by atoms with van der Waals surface area (Å²) in [5, 5.41) is 0.00884. The fraction of sp³-hybridized carbons (Fsp3) is 0.583. The first-order valence-corrected chi connectivity index (χ1v) is 7.80. The van der Waals surface area contributed by atoms with Crippen molar-refractivity contribution >= 4 is 10.0 Å². The minimum Gasteiger partial charge on any atom is -0.377 e. The average Bonchev–Trinajstić information content (AvgIpc) is 2.92. The lowest BCUT2D eigenvalue weighted by molar-refractivity contribution is 0.0902. The first-order chi connectivity index (χ1) is 9.03. The molecule has 1 aromatic rings. The van der Waals surface area contributed by atoms with Crippen LogP contribution in [0, 0.1) is 0 Å². The maximum atomic E-state index is 12.1. The second-order valence-electron chi connectivity index (χ2n) is 4.67. The highest BCUT2D eigenvalue weighted by Gasteiger charge is 2.27. The quantitative estimate of drug-likeness (QED) is 0.816. The molecular formula is C12H19N3O3S. The molecule has 0 bridgehead atoms. The molecule has 1 saturated heterocycles. The number of hydrogen-bond donors (Lipinski definition) is 2. The third kappa shape index (κ3) is 3.50. The van der Waals surface area contributed by atoms with Crippen LogP contribution in [0.5, 0.6) is 0 Å². The molecular weight excluding hydrogens is 266 g/mol. The third-order valence-corrected chi connectivity index (χ3v) is 4.65. The zero-order valence-corrected chi connectivity index (χ0v) is 11.7. The number of nitrogens with zero attached hydrogens (tertiary/aromatic N) is 1. The Labute approximate surface area is 113 Å². The molecule has 6 nitrogen and oxygen atoms in total. The van der Waals surface area contributed by atoms with Gasteiger partial charge in [-0.25, -0.2) is 18.1 Å². The first-order valence-electron chi connectivity index (χ1n) is 6.32. The van der Waals surface area contributed by atoms with Crippen molar-refractivity contribution in [3.05, 3.63) is 23.9 Å². The normalized spacial score (nSPS) is 21.5. The molecule has 106 valence electrons. The number of sulfonamides is 1. The van der Waals surface area contributed by atoms with Crippen molar-refractivity contribution in [3.8, 4) is 0 Å². The summed E-state index contributed by atoms with van der Waals surface area (Å²) >= 11 is 0. The molecule has 2 unspecified atom stereocenters. The van der Waals surface area contributed by atoms with E-state index in [0.717, 1.165) is 18.4 Å². The van der Waals surface area contributed by atoms with E-state index in [9.17, 15) is 8.42 Å². The van der Waals surface area contributed by atoms with Crippen LogP contribution >= 0.6 is 0 Å². The van der Waals surface area contributed by atoms with Crippen LogP contribution in [0.1, 0.15) is 25.3 Å². The largest absolute Gasteiger partial charge is 0.377 e. The van der Waals surface area contributed by atoms with E-state index in [1.165, 1.54) is 12.3 Å². The molecule has 0 spiro atoms. The van der Waals surface area contributed by atoms with Crippen molar-refractivity contribution in [2.45, 2.75) is 43.5 Å². The Hall–Kier alpha value is -1.02.